The minimum atomic E-state index is 0. The number of piperazine rings is 1. The number of ether oxygens (including phenoxy) is 2. The van der Waals surface area contributed by atoms with Crippen molar-refractivity contribution in [2.75, 3.05) is 32.2 Å². The van der Waals surface area contributed by atoms with Crippen LogP contribution in [0, 0.1) is 0 Å². The molecule has 0 aliphatic carbocycles. The van der Waals surface area contributed by atoms with Gasteiger partial charge in [-0.2, -0.15) is 0 Å². The predicted octanol–water partition coefficient (Wildman–Crippen LogP) is 3.01. The minimum absolute atomic E-state index is 0. The molecule has 0 bridgehead atoms. The molecule has 0 radical (unpaired) electrons. The van der Waals surface area contributed by atoms with Gasteiger partial charge in [-0.05, 0) is 37.6 Å². The van der Waals surface area contributed by atoms with Crippen LogP contribution in [0.5, 0.6) is 11.5 Å². The zero-order valence-corrected chi connectivity index (χ0v) is 16.6. The summed E-state index contributed by atoms with van der Waals surface area (Å²) in [7, 11) is 3.33. The van der Waals surface area contributed by atoms with Crippen LogP contribution in [0.4, 0.5) is 5.95 Å². The number of hydrogen-bond donors (Lipinski definition) is 0. The molecule has 0 spiro atoms. The van der Waals surface area contributed by atoms with Gasteiger partial charge in [0.1, 0.15) is 0 Å². The third-order valence-electron chi connectivity index (χ3n) is 4.75. The third kappa shape index (κ3) is 4.37. The van der Waals surface area contributed by atoms with Crippen molar-refractivity contribution in [3.05, 3.63) is 42.2 Å². The number of halogens is 1. The van der Waals surface area contributed by atoms with Crippen molar-refractivity contribution in [2.45, 2.75) is 32.5 Å². The highest BCUT2D eigenvalue weighted by Crippen LogP contribution is 2.29. The highest BCUT2D eigenvalue weighted by atomic mass is 35.5. The fraction of sp³-hybridized carbons (Fsp3) is 0.474. The van der Waals surface area contributed by atoms with Crippen LogP contribution in [-0.4, -0.2) is 54.3 Å². The molecule has 2 heterocycles. The van der Waals surface area contributed by atoms with Gasteiger partial charge < -0.3 is 14.4 Å². The van der Waals surface area contributed by atoms with Gasteiger partial charge in [0.15, 0.2) is 11.5 Å². The molecule has 0 unspecified atom stereocenters. The van der Waals surface area contributed by atoms with Gasteiger partial charge in [-0.3, -0.25) is 4.90 Å². The Bertz CT molecular complexity index is 689. The lowest BCUT2D eigenvalue weighted by molar-refractivity contribution is 0.122. The Hall–Kier alpha value is -2.05. The Kier molecular flexibility index (Phi) is 7.06. The standard InChI is InChI=1S/C19H26N4O2.ClH/c1-14-11-22(19-20-8-5-9-21-19)12-15(2)23(14)13-16-6-7-17(24-3)18(10-16)25-4;/h5-10,14-15H,11-13H2,1-4H3;1H/t14-,15-;/m0./s1. The molecule has 0 N–H and O–H groups in total. The van der Waals surface area contributed by atoms with E-state index in [0.29, 0.717) is 12.1 Å². The fourth-order valence-electron chi connectivity index (χ4n) is 3.48. The van der Waals surface area contributed by atoms with Gasteiger partial charge in [0.25, 0.3) is 0 Å². The van der Waals surface area contributed by atoms with E-state index >= 15 is 0 Å². The molecule has 2 atom stereocenters. The predicted molar refractivity (Wildman–Crippen MR) is 106 cm³/mol. The van der Waals surface area contributed by atoms with Gasteiger partial charge in [-0.1, -0.05) is 6.07 Å². The van der Waals surface area contributed by atoms with Crippen molar-refractivity contribution in [3.8, 4) is 11.5 Å². The van der Waals surface area contributed by atoms with Crippen LogP contribution >= 0.6 is 12.4 Å². The first kappa shape index (κ1) is 20.3. The van der Waals surface area contributed by atoms with E-state index in [2.05, 4.69) is 45.7 Å². The summed E-state index contributed by atoms with van der Waals surface area (Å²) in [5.74, 6) is 2.35. The molecule has 1 aromatic carbocycles. The fourth-order valence-corrected chi connectivity index (χ4v) is 3.48. The molecule has 0 saturated carbocycles. The Morgan fingerprint density at radius 3 is 2.19 bits per heavy atom. The lowest BCUT2D eigenvalue weighted by Crippen LogP contribution is -2.56. The molecule has 1 saturated heterocycles. The lowest BCUT2D eigenvalue weighted by Gasteiger charge is -2.44. The number of aromatic nitrogens is 2. The number of methoxy groups -OCH3 is 2. The number of nitrogens with zero attached hydrogens (tertiary/aromatic N) is 4. The smallest absolute Gasteiger partial charge is 0.225 e. The molecular weight excluding hydrogens is 352 g/mol. The lowest BCUT2D eigenvalue weighted by atomic mass is 10.1. The van der Waals surface area contributed by atoms with Crippen LogP contribution < -0.4 is 14.4 Å². The number of anilines is 1. The summed E-state index contributed by atoms with van der Waals surface area (Å²) in [6, 6.07) is 8.79. The number of benzene rings is 1. The van der Waals surface area contributed by atoms with Crippen LogP contribution in [-0.2, 0) is 6.54 Å². The normalized spacial score (nSPS) is 20.4. The molecule has 142 valence electrons. The van der Waals surface area contributed by atoms with Gasteiger partial charge in [-0.15, -0.1) is 12.4 Å². The zero-order valence-electron chi connectivity index (χ0n) is 15.8. The molecule has 1 aromatic heterocycles. The van der Waals surface area contributed by atoms with Gasteiger partial charge in [0.05, 0.1) is 14.2 Å². The molecule has 3 rings (SSSR count). The maximum Gasteiger partial charge on any atom is 0.225 e. The molecule has 1 aliphatic rings. The highest BCUT2D eigenvalue weighted by molar-refractivity contribution is 5.85. The van der Waals surface area contributed by atoms with Crippen molar-refractivity contribution in [3.63, 3.8) is 0 Å². The van der Waals surface area contributed by atoms with Crippen molar-refractivity contribution in [1.82, 2.24) is 14.9 Å². The molecule has 26 heavy (non-hydrogen) atoms. The van der Waals surface area contributed by atoms with Gasteiger partial charge >= 0.3 is 0 Å². The van der Waals surface area contributed by atoms with E-state index in [9.17, 15) is 0 Å². The minimum Gasteiger partial charge on any atom is -0.493 e. The molecular formula is C19H27ClN4O2. The van der Waals surface area contributed by atoms with Crippen molar-refractivity contribution in [2.24, 2.45) is 0 Å². The van der Waals surface area contributed by atoms with Gasteiger partial charge in [-0.25, -0.2) is 9.97 Å². The molecule has 2 aromatic rings. The van der Waals surface area contributed by atoms with Crippen molar-refractivity contribution in [1.29, 1.82) is 0 Å². The summed E-state index contributed by atoms with van der Waals surface area (Å²) in [5.41, 5.74) is 1.22. The van der Waals surface area contributed by atoms with Crippen LogP contribution in [0.25, 0.3) is 0 Å². The van der Waals surface area contributed by atoms with E-state index < -0.39 is 0 Å². The van der Waals surface area contributed by atoms with E-state index in [1.807, 2.05) is 12.1 Å². The van der Waals surface area contributed by atoms with Crippen molar-refractivity contribution < 1.29 is 9.47 Å². The monoisotopic (exact) mass is 378 g/mol. The van der Waals surface area contributed by atoms with Crippen LogP contribution in [0.15, 0.2) is 36.7 Å². The summed E-state index contributed by atoms with van der Waals surface area (Å²) < 4.78 is 10.8. The van der Waals surface area contributed by atoms with E-state index in [0.717, 1.165) is 37.1 Å². The SMILES string of the molecule is COc1ccc(CN2[C@@H](C)CN(c3ncccn3)C[C@@H]2C)cc1OC.Cl. The highest BCUT2D eigenvalue weighted by Gasteiger charge is 2.30. The maximum absolute atomic E-state index is 5.43. The first-order valence-corrected chi connectivity index (χ1v) is 8.61. The second-order valence-corrected chi connectivity index (χ2v) is 6.51. The largest absolute Gasteiger partial charge is 0.493 e. The third-order valence-corrected chi connectivity index (χ3v) is 4.75. The molecule has 1 fully saturated rings. The number of rotatable bonds is 5. The summed E-state index contributed by atoms with van der Waals surface area (Å²) in [6.07, 6.45) is 3.60. The number of hydrogen-bond acceptors (Lipinski definition) is 6. The molecule has 1 aliphatic heterocycles. The Morgan fingerprint density at radius 1 is 1.00 bits per heavy atom. The van der Waals surface area contributed by atoms with Crippen molar-refractivity contribution >= 4 is 18.4 Å². The van der Waals surface area contributed by atoms with E-state index in [4.69, 9.17) is 9.47 Å². The Labute approximate surface area is 161 Å². The average Bonchev–Trinajstić information content (AvgIpc) is 2.65. The Morgan fingerprint density at radius 2 is 1.62 bits per heavy atom. The topological polar surface area (TPSA) is 50.7 Å². The zero-order chi connectivity index (χ0) is 17.8. The van der Waals surface area contributed by atoms with Crippen LogP contribution in [0.2, 0.25) is 0 Å². The average molecular weight is 379 g/mol. The Balaban J connectivity index is 0.00000243. The first-order chi connectivity index (χ1) is 12.1. The van der Waals surface area contributed by atoms with E-state index in [1.54, 1.807) is 26.6 Å². The second-order valence-electron chi connectivity index (χ2n) is 6.51. The van der Waals surface area contributed by atoms with E-state index in [1.165, 1.54) is 5.56 Å². The van der Waals surface area contributed by atoms with E-state index in [-0.39, 0.29) is 12.4 Å². The second kappa shape index (κ2) is 9.05. The van der Waals surface area contributed by atoms with Gasteiger partial charge in [0, 0.05) is 44.1 Å². The first-order valence-electron chi connectivity index (χ1n) is 8.61. The quantitative estimate of drug-likeness (QED) is 0.797. The van der Waals surface area contributed by atoms with Crippen LogP contribution in [0.3, 0.4) is 0 Å². The summed E-state index contributed by atoms with van der Waals surface area (Å²) in [6.45, 7) is 7.23. The van der Waals surface area contributed by atoms with Crippen LogP contribution in [0.1, 0.15) is 19.4 Å². The maximum atomic E-state index is 5.43. The summed E-state index contributed by atoms with van der Waals surface area (Å²) in [5, 5.41) is 0. The summed E-state index contributed by atoms with van der Waals surface area (Å²) in [4.78, 5) is 13.6. The molecule has 0 amide bonds. The molecule has 6 nitrogen and oxygen atoms in total. The molecule has 7 heteroatoms. The summed E-state index contributed by atoms with van der Waals surface area (Å²) >= 11 is 0. The van der Waals surface area contributed by atoms with Gasteiger partial charge in [0.2, 0.25) is 5.95 Å².